The molecule has 1 aromatic rings. The Morgan fingerprint density at radius 3 is 3.00 bits per heavy atom. The van der Waals surface area contributed by atoms with Crippen molar-refractivity contribution in [3.05, 3.63) is 17.8 Å². The van der Waals surface area contributed by atoms with Crippen molar-refractivity contribution in [2.45, 2.75) is 25.5 Å². The van der Waals surface area contributed by atoms with Crippen molar-refractivity contribution in [3.63, 3.8) is 0 Å². The Kier molecular flexibility index (Phi) is 3.47. The monoisotopic (exact) mass is 209 g/mol. The van der Waals surface area contributed by atoms with Crippen LogP contribution in [0.2, 0.25) is 0 Å². The Morgan fingerprint density at radius 1 is 1.47 bits per heavy atom. The van der Waals surface area contributed by atoms with Gasteiger partial charge in [0.05, 0.1) is 19.4 Å². The molecule has 0 saturated carbocycles. The fourth-order valence-corrected chi connectivity index (χ4v) is 1.55. The zero-order chi connectivity index (χ0) is 10.5. The first-order chi connectivity index (χ1) is 7.40. The highest BCUT2D eigenvalue weighted by Gasteiger charge is 2.17. The predicted octanol–water partition coefficient (Wildman–Crippen LogP) is 0.493. The van der Waals surface area contributed by atoms with E-state index in [2.05, 4.69) is 10.2 Å². The second-order valence-corrected chi connectivity index (χ2v) is 3.50. The molecular weight excluding hydrogens is 194 g/mol. The van der Waals surface area contributed by atoms with E-state index in [0.717, 1.165) is 31.6 Å². The van der Waals surface area contributed by atoms with Crippen LogP contribution in [0.5, 0.6) is 5.88 Å². The molecule has 1 aliphatic rings. The molecule has 82 valence electrons. The quantitative estimate of drug-likeness (QED) is 0.784. The minimum absolute atomic E-state index is 0.181. The van der Waals surface area contributed by atoms with Crippen LogP contribution in [-0.2, 0) is 11.3 Å². The third-order valence-electron chi connectivity index (χ3n) is 2.43. The Labute approximate surface area is 88.6 Å². The zero-order valence-corrected chi connectivity index (χ0v) is 8.56. The average molecular weight is 209 g/mol. The summed E-state index contributed by atoms with van der Waals surface area (Å²) in [6.45, 7) is 1.93. The van der Waals surface area contributed by atoms with E-state index in [1.54, 1.807) is 6.20 Å². The number of hydrogen-bond acceptors (Lipinski definition) is 5. The van der Waals surface area contributed by atoms with Crippen molar-refractivity contribution in [1.82, 2.24) is 10.2 Å². The van der Waals surface area contributed by atoms with E-state index >= 15 is 0 Å². The summed E-state index contributed by atoms with van der Waals surface area (Å²) in [6.07, 6.45) is 3.61. The molecule has 2 heterocycles. The lowest BCUT2D eigenvalue weighted by molar-refractivity contribution is 0.0229. The maximum Gasteiger partial charge on any atom is 0.238 e. The van der Waals surface area contributed by atoms with Crippen LogP contribution < -0.4 is 10.5 Å². The molecule has 0 unspecified atom stereocenters. The molecule has 2 N–H and O–H groups in total. The molecule has 0 radical (unpaired) electrons. The second kappa shape index (κ2) is 5.04. The number of hydrogen-bond donors (Lipinski definition) is 1. The van der Waals surface area contributed by atoms with Gasteiger partial charge in [-0.2, -0.15) is 5.10 Å². The van der Waals surface area contributed by atoms with Crippen molar-refractivity contribution in [2.24, 2.45) is 5.73 Å². The van der Waals surface area contributed by atoms with Crippen LogP contribution in [0.25, 0.3) is 0 Å². The van der Waals surface area contributed by atoms with Gasteiger partial charge in [-0.3, -0.25) is 0 Å². The van der Waals surface area contributed by atoms with E-state index in [4.69, 9.17) is 15.2 Å². The van der Waals surface area contributed by atoms with E-state index in [-0.39, 0.29) is 6.10 Å². The van der Waals surface area contributed by atoms with Crippen molar-refractivity contribution in [1.29, 1.82) is 0 Å². The molecule has 0 aliphatic carbocycles. The topological polar surface area (TPSA) is 70.3 Å². The minimum atomic E-state index is 0.181. The maximum absolute atomic E-state index is 5.74. The minimum Gasteiger partial charge on any atom is -0.473 e. The summed E-state index contributed by atoms with van der Waals surface area (Å²) in [4.78, 5) is 0. The SMILES string of the molecule is NCc1ccnnc1OC1CCOCC1. The average Bonchev–Trinajstić information content (AvgIpc) is 2.31. The summed E-state index contributed by atoms with van der Waals surface area (Å²) in [6, 6.07) is 1.83. The molecule has 1 aromatic heterocycles. The molecule has 0 amide bonds. The van der Waals surface area contributed by atoms with Gasteiger partial charge in [0.25, 0.3) is 0 Å². The number of ether oxygens (including phenoxy) is 2. The molecule has 1 aliphatic heterocycles. The molecule has 15 heavy (non-hydrogen) atoms. The van der Waals surface area contributed by atoms with Gasteiger partial charge in [0.2, 0.25) is 5.88 Å². The lowest BCUT2D eigenvalue weighted by atomic mass is 10.1. The van der Waals surface area contributed by atoms with Crippen molar-refractivity contribution in [2.75, 3.05) is 13.2 Å². The number of nitrogens with two attached hydrogens (primary N) is 1. The third-order valence-corrected chi connectivity index (χ3v) is 2.43. The predicted molar refractivity (Wildman–Crippen MR) is 54.4 cm³/mol. The highest BCUT2D eigenvalue weighted by molar-refractivity contribution is 5.22. The lowest BCUT2D eigenvalue weighted by Gasteiger charge is -2.23. The van der Waals surface area contributed by atoms with Crippen molar-refractivity contribution >= 4 is 0 Å². The second-order valence-electron chi connectivity index (χ2n) is 3.50. The first-order valence-electron chi connectivity index (χ1n) is 5.15. The molecular formula is C10H15N3O2. The molecule has 1 saturated heterocycles. The van der Waals surface area contributed by atoms with Crippen LogP contribution in [0.4, 0.5) is 0 Å². The molecule has 5 heteroatoms. The normalized spacial score (nSPS) is 17.7. The van der Waals surface area contributed by atoms with Gasteiger partial charge in [0.15, 0.2) is 0 Å². The van der Waals surface area contributed by atoms with Crippen LogP contribution in [0, 0.1) is 0 Å². The summed E-state index contributed by atoms with van der Waals surface area (Å²) in [7, 11) is 0. The Balaban J connectivity index is 2.02. The van der Waals surface area contributed by atoms with E-state index < -0.39 is 0 Å². The number of aromatic nitrogens is 2. The van der Waals surface area contributed by atoms with Gasteiger partial charge in [-0.1, -0.05) is 0 Å². The summed E-state index contributed by atoms with van der Waals surface area (Å²) >= 11 is 0. The first kappa shape index (κ1) is 10.3. The molecule has 0 bridgehead atoms. The first-order valence-corrected chi connectivity index (χ1v) is 5.15. The lowest BCUT2D eigenvalue weighted by Crippen LogP contribution is -2.26. The van der Waals surface area contributed by atoms with Crippen LogP contribution in [0.15, 0.2) is 12.3 Å². The zero-order valence-electron chi connectivity index (χ0n) is 8.56. The number of rotatable bonds is 3. The molecule has 0 aromatic carbocycles. The summed E-state index contributed by atoms with van der Waals surface area (Å²) in [5.41, 5.74) is 6.48. The summed E-state index contributed by atoms with van der Waals surface area (Å²) in [5.74, 6) is 0.562. The van der Waals surface area contributed by atoms with E-state index in [1.165, 1.54) is 0 Å². The van der Waals surface area contributed by atoms with Crippen molar-refractivity contribution in [3.8, 4) is 5.88 Å². The summed E-state index contributed by atoms with van der Waals surface area (Å²) < 4.78 is 11.0. The Bertz CT molecular complexity index is 313. The van der Waals surface area contributed by atoms with Gasteiger partial charge in [-0.25, -0.2) is 0 Å². The van der Waals surface area contributed by atoms with Gasteiger partial charge >= 0.3 is 0 Å². The van der Waals surface area contributed by atoms with Crippen LogP contribution in [0.3, 0.4) is 0 Å². The maximum atomic E-state index is 5.74. The molecule has 2 rings (SSSR count). The smallest absolute Gasteiger partial charge is 0.238 e. The van der Waals surface area contributed by atoms with Crippen LogP contribution >= 0.6 is 0 Å². The van der Waals surface area contributed by atoms with Gasteiger partial charge in [0.1, 0.15) is 6.10 Å². The molecule has 1 fully saturated rings. The van der Waals surface area contributed by atoms with E-state index in [9.17, 15) is 0 Å². The highest BCUT2D eigenvalue weighted by Crippen LogP contribution is 2.18. The van der Waals surface area contributed by atoms with Gasteiger partial charge < -0.3 is 15.2 Å². The van der Waals surface area contributed by atoms with Crippen LogP contribution in [0.1, 0.15) is 18.4 Å². The van der Waals surface area contributed by atoms with E-state index in [1.807, 2.05) is 6.07 Å². The number of nitrogens with zero attached hydrogens (tertiary/aromatic N) is 2. The Hall–Kier alpha value is -1.20. The highest BCUT2D eigenvalue weighted by atomic mass is 16.5. The van der Waals surface area contributed by atoms with Gasteiger partial charge in [-0.05, 0) is 6.07 Å². The van der Waals surface area contributed by atoms with Gasteiger partial charge in [-0.15, -0.1) is 5.10 Å². The standard InChI is InChI=1S/C10H15N3O2/c11-7-8-1-4-12-13-10(8)15-9-2-5-14-6-3-9/h1,4,9H,2-3,5-7,11H2. The summed E-state index contributed by atoms with van der Waals surface area (Å²) in [5, 5.41) is 7.75. The fourth-order valence-electron chi connectivity index (χ4n) is 1.55. The van der Waals surface area contributed by atoms with Gasteiger partial charge in [0, 0.05) is 24.9 Å². The van der Waals surface area contributed by atoms with Crippen LogP contribution in [-0.4, -0.2) is 29.5 Å². The molecule has 0 atom stereocenters. The fraction of sp³-hybridized carbons (Fsp3) is 0.600. The van der Waals surface area contributed by atoms with Crippen molar-refractivity contribution < 1.29 is 9.47 Å². The largest absolute Gasteiger partial charge is 0.473 e. The molecule has 5 nitrogen and oxygen atoms in total. The third kappa shape index (κ3) is 2.64. The molecule has 0 spiro atoms. The van der Waals surface area contributed by atoms with E-state index in [0.29, 0.717) is 12.4 Å². The Morgan fingerprint density at radius 2 is 2.27 bits per heavy atom.